The number of thioether (sulfide) groups is 1. The summed E-state index contributed by atoms with van der Waals surface area (Å²) in [6.45, 7) is 3.31. The molecule has 0 fully saturated rings. The number of anilines is 2. The molecule has 226 valence electrons. The van der Waals surface area contributed by atoms with Crippen LogP contribution in [-0.4, -0.2) is 38.1 Å². The third kappa shape index (κ3) is 6.45. The van der Waals surface area contributed by atoms with Gasteiger partial charge in [0.1, 0.15) is 5.82 Å². The van der Waals surface area contributed by atoms with Crippen molar-refractivity contribution < 1.29 is 27.2 Å². The zero-order valence-electron chi connectivity index (χ0n) is 22.8. The van der Waals surface area contributed by atoms with Gasteiger partial charge in [-0.15, -0.1) is 11.8 Å². The maximum Gasteiger partial charge on any atom is 0.493 e. The predicted molar refractivity (Wildman–Crippen MR) is 153 cm³/mol. The normalized spacial score (nSPS) is 15.2. The van der Waals surface area contributed by atoms with Gasteiger partial charge in [-0.25, -0.2) is 14.0 Å². The van der Waals surface area contributed by atoms with E-state index in [0.29, 0.717) is 21.2 Å². The second-order valence-corrected chi connectivity index (χ2v) is 12.3. The number of halogens is 5. The number of hydrogen-bond donors (Lipinski definition) is 1. The van der Waals surface area contributed by atoms with Gasteiger partial charge >= 0.3 is 17.8 Å². The van der Waals surface area contributed by atoms with Gasteiger partial charge in [-0.05, 0) is 49.6 Å². The Balaban J connectivity index is 1.95. The fourth-order valence-electron chi connectivity index (χ4n) is 4.29. The van der Waals surface area contributed by atoms with Crippen LogP contribution in [0, 0.1) is 5.82 Å². The van der Waals surface area contributed by atoms with E-state index in [1.807, 2.05) is 0 Å². The topological polar surface area (TPSA) is 103 Å². The van der Waals surface area contributed by atoms with Gasteiger partial charge in [0.2, 0.25) is 0 Å². The lowest BCUT2D eigenvalue weighted by Gasteiger charge is -2.35. The molecule has 3 aromatic rings. The van der Waals surface area contributed by atoms with E-state index in [4.69, 9.17) is 22.2 Å². The lowest BCUT2D eigenvalue weighted by Crippen LogP contribution is -2.47. The highest BCUT2D eigenvalue weighted by molar-refractivity contribution is 8.01. The van der Waals surface area contributed by atoms with Crippen LogP contribution in [0.15, 0.2) is 58.1 Å². The molecule has 1 aromatic heterocycles. The minimum atomic E-state index is -5.38. The SMILES string of the molecule is Cn1c(=O)c2c(n(CCc3ccc(F)cc3)c1=O)N(OC(=O)C(F)(F)F)C(SC(C)(C)CN)N2Cc1ccccc1Cl. The average molecular weight is 630 g/mol. The Morgan fingerprint density at radius 2 is 1.74 bits per heavy atom. The lowest BCUT2D eigenvalue weighted by atomic mass is 10.1. The second-order valence-electron chi connectivity index (χ2n) is 10.2. The molecule has 0 spiro atoms. The first kappa shape index (κ1) is 31.4. The summed E-state index contributed by atoms with van der Waals surface area (Å²) in [5, 5.41) is 0.977. The molecule has 4 rings (SSSR count). The van der Waals surface area contributed by atoms with Crippen LogP contribution in [0.4, 0.5) is 29.1 Å². The zero-order valence-corrected chi connectivity index (χ0v) is 24.4. The summed E-state index contributed by atoms with van der Waals surface area (Å²) in [5.74, 6) is -3.34. The number of hydrogen-bond acceptors (Lipinski definition) is 8. The molecule has 0 aliphatic carbocycles. The van der Waals surface area contributed by atoms with Crippen molar-refractivity contribution in [3.8, 4) is 0 Å². The maximum atomic E-state index is 13.6. The third-order valence-corrected chi connectivity index (χ3v) is 8.45. The van der Waals surface area contributed by atoms with Crippen molar-refractivity contribution in [2.24, 2.45) is 12.8 Å². The van der Waals surface area contributed by atoms with Crippen LogP contribution in [0.3, 0.4) is 0 Å². The van der Waals surface area contributed by atoms with Crippen molar-refractivity contribution in [3.05, 3.63) is 91.3 Å². The monoisotopic (exact) mass is 629 g/mol. The Hall–Kier alpha value is -3.49. The molecular formula is C27H28ClF4N5O4S. The molecule has 0 amide bonds. The zero-order chi connectivity index (χ0) is 31.0. The molecule has 2 heterocycles. The Morgan fingerprint density at radius 1 is 1.10 bits per heavy atom. The lowest BCUT2D eigenvalue weighted by molar-refractivity contribution is -0.201. The molecule has 2 aromatic carbocycles. The molecule has 1 unspecified atom stereocenters. The van der Waals surface area contributed by atoms with Gasteiger partial charge in [-0.2, -0.15) is 18.2 Å². The van der Waals surface area contributed by atoms with E-state index >= 15 is 0 Å². The van der Waals surface area contributed by atoms with E-state index in [1.54, 1.807) is 38.1 Å². The third-order valence-electron chi connectivity index (χ3n) is 6.62. The van der Waals surface area contributed by atoms with E-state index in [2.05, 4.69) is 0 Å². The Kier molecular flexibility index (Phi) is 9.00. The number of nitrogens with two attached hydrogens (primary N) is 1. The molecule has 0 bridgehead atoms. The van der Waals surface area contributed by atoms with E-state index in [9.17, 15) is 31.9 Å². The number of hydroxylamine groups is 1. The Labute approximate surface area is 247 Å². The molecular weight excluding hydrogens is 602 g/mol. The van der Waals surface area contributed by atoms with E-state index in [0.717, 1.165) is 20.9 Å². The number of fused-ring (bicyclic) bond motifs is 1. The molecule has 15 heteroatoms. The quantitative estimate of drug-likeness (QED) is 0.352. The van der Waals surface area contributed by atoms with Crippen LogP contribution in [0.1, 0.15) is 25.0 Å². The van der Waals surface area contributed by atoms with Crippen LogP contribution >= 0.6 is 23.4 Å². The van der Waals surface area contributed by atoms with E-state index in [-0.39, 0.29) is 37.6 Å². The van der Waals surface area contributed by atoms with Gasteiger partial charge in [0.15, 0.2) is 17.0 Å². The van der Waals surface area contributed by atoms with E-state index in [1.165, 1.54) is 36.2 Å². The predicted octanol–water partition coefficient (Wildman–Crippen LogP) is 4.18. The number of alkyl halides is 3. The van der Waals surface area contributed by atoms with Gasteiger partial charge in [0.25, 0.3) is 5.56 Å². The largest absolute Gasteiger partial charge is 0.493 e. The van der Waals surface area contributed by atoms with Crippen LogP contribution in [0.5, 0.6) is 0 Å². The first-order chi connectivity index (χ1) is 19.6. The van der Waals surface area contributed by atoms with Crippen molar-refractivity contribution in [1.29, 1.82) is 0 Å². The standard InChI is InChI=1S/C27H28ClF4N5O4S/c1-26(2,15-33)42-25-36(14-17-6-4-5-7-19(17)28)20-21(37(25)41-23(39)27(30,31)32)35(24(40)34(3)22(20)38)13-12-16-8-10-18(29)11-9-16/h4-11,25H,12-15,33H2,1-3H3. The maximum absolute atomic E-state index is 13.6. The highest BCUT2D eigenvalue weighted by Crippen LogP contribution is 2.46. The molecule has 1 atom stereocenters. The average Bonchev–Trinajstić information content (AvgIpc) is 3.20. The number of nitrogens with zero attached hydrogens (tertiary/aromatic N) is 4. The summed E-state index contributed by atoms with van der Waals surface area (Å²) in [5.41, 5.74) is 3.99. The van der Waals surface area contributed by atoms with Gasteiger partial charge in [0.05, 0.1) is 0 Å². The molecule has 0 radical (unpaired) electrons. The number of rotatable bonds is 9. The van der Waals surface area contributed by atoms with Crippen molar-refractivity contribution >= 4 is 40.8 Å². The highest BCUT2D eigenvalue weighted by atomic mass is 35.5. The minimum Gasteiger partial charge on any atom is -0.329 e. The minimum absolute atomic E-state index is 0.0703. The number of carbonyl (C=O) groups excluding carboxylic acids is 1. The highest BCUT2D eigenvalue weighted by Gasteiger charge is 2.50. The smallest absolute Gasteiger partial charge is 0.329 e. The van der Waals surface area contributed by atoms with Crippen molar-refractivity contribution in [1.82, 2.24) is 9.13 Å². The number of benzene rings is 2. The number of aryl methyl sites for hydroxylation is 1. The first-order valence-corrected chi connectivity index (χ1v) is 13.9. The van der Waals surface area contributed by atoms with Gasteiger partial charge in [0, 0.05) is 36.5 Å². The van der Waals surface area contributed by atoms with Crippen LogP contribution in [-0.2, 0) is 36.2 Å². The fourth-order valence-corrected chi connectivity index (χ4v) is 5.70. The van der Waals surface area contributed by atoms with Crippen LogP contribution < -0.4 is 26.9 Å². The second kappa shape index (κ2) is 12.0. The van der Waals surface area contributed by atoms with Crippen molar-refractivity contribution in [2.45, 2.75) is 49.8 Å². The van der Waals surface area contributed by atoms with Crippen LogP contribution in [0.2, 0.25) is 5.02 Å². The molecule has 1 aliphatic heterocycles. The summed E-state index contributed by atoms with van der Waals surface area (Å²) >= 11 is 7.45. The summed E-state index contributed by atoms with van der Waals surface area (Å²) < 4.78 is 55.1. The summed E-state index contributed by atoms with van der Waals surface area (Å²) in [6, 6.07) is 12.1. The fraction of sp³-hybridized carbons (Fsp3) is 0.370. The summed E-state index contributed by atoms with van der Waals surface area (Å²) in [4.78, 5) is 45.7. The molecule has 9 nitrogen and oxygen atoms in total. The summed E-state index contributed by atoms with van der Waals surface area (Å²) in [6.07, 6.45) is -5.24. The van der Waals surface area contributed by atoms with Gasteiger partial charge < -0.3 is 15.5 Å². The summed E-state index contributed by atoms with van der Waals surface area (Å²) in [7, 11) is 1.24. The molecule has 0 saturated carbocycles. The molecule has 2 N–H and O–H groups in total. The number of aromatic nitrogens is 2. The Bertz CT molecular complexity index is 1590. The molecule has 42 heavy (non-hydrogen) atoms. The number of carbonyl (C=O) groups is 1. The van der Waals surface area contributed by atoms with Gasteiger partial charge in [-0.3, -0.25) is 13.9 Å². The molecule has 0 saturated heterocycles. The first-order valence-electron chi connectivity index (χ1n) is 12.7. The Morgan fingerprint density at radius 3 is 2.33 bits per heavy atom. The van der Waals surface area contributed by atoms with Gasteiger partial charge in [-0.1, -0.05) is 41.9 Å². The van der Waals surface area contributed by atoms with E-state index < -0.39 is 39.5 Å². The van der Waals surface area contributed by atoms with Crippen molar-refractivity contribution in [2.75, 3.05) is 16.5 Å². The van der Waals surface area contributed by atoms with Crippen LogP contribution in [0.25, 0.3) is 0 Å². The molecule has 1 aliphatic rings. The van der Waals surface area contributed by atoms with Crippen molar-refractivity contribution in [3.63, 3.8) is 0 Å².